The fourth-order valence-corrected chi connectivity index (χ4v) is 2.13. The predicted octanol–water partition coefficient (Wildman–Crippen LogP) is -3.11. The number of carboxylic acids is 1. The Hall–Kier alpha value is -2.63. The molecular weight excluding hydrogens is 300 g/mol. The molecule has 0 aliphatic carbocycles. The van der Waals surface area contributed by atoms with Crippen LogP contribution in [0.15, 0.2) is 24.7 Å². The number of carbonyl (C=O) groups excluding carboxylic acids is 1. The van der Waals surface area contributed by atoms with Gasteiger partial charge in [-0.25, -0.2) is 18.9 Å². The van der Waals surface area contributed by atoms with Gasteiger partial charge < -0.3 is 20.4 Å². The summed E-state index contributed by atoms with van der Waals surface area (Å²) in [4.78, 5) is 18.7. The zero-order valence-corrected chi connectivity index (χ0v) is 12.3. The molecule has 0 radical (unpaired) electrons. The van der Waals surface area contributed by atoms with E-state index in [0.717, 1.165) is 6.07 Å². The quantitative estimate of drug-likeness (QED) is 0.509. The number of nitrogens with zero attached hydrogens (tertiary/aromatic N) is 4. The molecule has 3 heterocycles. The first-order valence-corrected chi connectivity index (χ1v) is 6.06. The van der Waals surface area contributed by atoms with Gasteiger partial charge >= 0.3 is 18.9 Å². The number of aromatic nitrogens is 4. The molecular formula is C13H9FLiN5O3. The van der Waals surface area contributed by atoms with Gasteiger partial charge in [-0.3, -0.25) is 0 Å². The summed E-state index contributed by atoms with van der Waals surface area (Å²) in [6, 6.07) is 2.36. The number of pyridine rings is 1. The molecule has 3 aromatic rings. The van der Waals surface area contributed by atoms with E-state index in [2.05, 4.69) is 15.1 Å². The Bertz CT molecular complexity index is 899. The van der Waals surface area contributed by atoms with E-state index < -0.39 is 11.8 Å². The number of nitrogen functional groups attached to an aromatic ring is 1. The second kappa shape index (κ2) is 6.24. The summed E-state index contributed by atoms with van der Waals surface area (Å²) in [5, 5.41) is 15.0. The molecule has 8 nitrogen and oxygen atoms in total. The summed E-state index contributed by atoms with van der Waals surface area (Å²) in [7, 11) is 1.27. The maximum Gasteiger partial charge on any atom is 1.00 e. The standard InChI is InChI=1S/C13H10FN5O3.Li/c1-22-12-7(13(20)21)2-6(4-16-12)10-8(14)3-9-11(15)17-5-18-19(9)10;/h2-5H,1H3,(H,20,21)(H2,15,17,18);/q;+1/p-1. The van der Waals surface area contributed by atoms with Crippen LogP contribution in [0.1, 0.15) is 10.4 Å². The normalized spacial score (nSPS) is 10.3. The third kappa shape index (κ3) is 2.72. The van der Waals surface area contributed by atoms with Crippen molar-refractivity contribution in [3.63, 3.8) is 0 Å². The van der Waals surface area contributed by atoms with Gasteiger partial charge in [0.2, 0.25) is 5.88 Å². The first kappa shape index (κ1) is 16.7. The van der Waals surface area contributed by atoms with Crippen LogP contribution in [0.4, 0.5) is 10.2 Å². The van der Waals surface area contributed by atoms with Crippen LogP contribution in [-0.2, 0) is 0 Å². The number of anilines is 1. The van der Waals surface area contributed by atoms with E-state index in [1.807, 2.05) is 0 Å². The molecule has 0 aliphatic rings. The van der Waals surface area contributed by atoms with E-state index in [-0.39, 0.29) is 52.9 Å². The molecule has 3 aromatic heterocycles. The molecule has 0 amide bonds. The Kier molecular flexibility index (Phi) is 4.54. The first-order valence-electron chi connectivity index (χ1n) is 6.06. The average Bonchev–Trinajstić information content (AvgIpc) is 2.84. The summed E-state index contributed by atoms with van der Waals surface area (Å²) in [6.07, 6.45) is 2.44. The van der Waals surface area contributed by atoms with Crippen LogP contribution < -0.4 is 34.4 Å². The molecule has 0 spiro atoms. The van der Waals surface area contributed by atoms with Crippen molar-refractivity contribution in [2.45, 2.75) is 0 Å². The van der Waals surface area contributed by atoms with Crippen LogP contribution in [0.5, 0.6) is 5.88 Å². The number of methoxy groups -OCH3 is 1. The molecule has 0 atom stereocenters. The summed E-state index contributed by atoms with van der Waals surface area (Å²) < 4.78 is 20.3. The summed E-state index contributed by atoms with van der Waals surface area (Å²) in [6.45, 7) is 0. The number of hydrogen-bond donors (Lipinski definition) is 1. The predicted molar refractivity (Wildman–Crippen MR) is 71.5 cm³/mol. The maximum absolute atomic E-state index is 14.2. The smallest absolute Gasteiger partial charge is 0.545 e. The molecule has 10 heteroatoms. The number of hydrogen-bond acceptors (Lipinski definition) is 7. The van der Waals surface area contributed by atoms with E-state index in [0.29, 0.717) is 0 Å². The molecule has 0 bridgehead atoms. The van der Waals surface area contributed by atoms with Crippen LogP contribution in [-0.4, -0.2) is 32.7 Å². The number of nitrogens with two attached hydrogens (primary N) is 1. The van der Waals surface area contributed by atoms with Crippen molar-refractivity contribution in [3.8, 4) is 17.1 Å². The Morgan fingerprint density at radius 3 is 2.78 bits per heavy atom. The van der Waals surface area contributed by atoms with E-state index in [4.69, 9.17) is 10.5 Å². The monoisotopic (exact) mass is 309 g/mol. The van der Waals surface area contributed by atoms with E-state index in [1.165, 1.54) is 30.2 Å². The molecule has 0 aliphatic heterocycles. The number of aromatic carboxylic acids is 1. The summed E-state index contributed by atoms with van der Waals surface area (Å²) in [5.74, 6) is -2.15. The third-order valence-electron chi connectivity index (χ3n) is 3.09. The largest absolute Gasteiger partial charge is 1.00 e. The fourth-order valence-electron chi connectivity index (χ4n) is 2.13. The number of carbonyl (C=O) groups is 1. The summed E-state index contributed by atoms with van der Waals surface area (Å²) in [5.41, 5.74) is 5.84. The first-order chi connectivity index (χ1) is 10.5. The number of rotatable bonds is 3. The zero-order chi connectivity index (χ0) is 15.9. The van der Waals surface area contributed by atoms with Gasteiger partial charge in [-0.15, -0.1) is 0 Å². The minimum absolute atomic E-state index is 0. The van der Waals surface area contributed by atoms with Gasteiger partial charge in [0.15, 0.2) is 11.6 Å². The second-order valence-corrected chi connectivity index (χ2v) is 4.35. The van der Waals surface area contributed by atoms with Crippen LogP contribution in [0.3, 0.4) is 0 Å². The van der Waals surface area contributed by atoms with Crippen molar-refractivity contribution in [2.75, 3.05) is 12.8 Å². The second-order valence-electron chi connectivity index (χ2n) is 4.35. The molecule has 2 N–H and O–H groups in total. The topological polar surface area (TPSA) is 118 Å². The van der Waals surface area contributed by atoms with Crippen molar-refractivity contribution in [1.82, 2.24) is 19.6 Å². The van der Waals surface area contributed by atoms with Crippen molar-refractivity contribution < 1.29 is 37.9 Å². The molecule has 0 saturated carbocycles. The van der Waals surface area contributed by atoms with Crippen LogP contribution in [0.2, 0.25) is 0 Å². The van der Waals surface area contributed by atoms with Crippen molar-refractivity contribution in [1.29, 1.82) is 0 Å². The van der Waals surface area contributed by atoms with Gasteiger partial charge in [0.05, 0.1) is 18.6 Å². The summed E-state index contributed by atoms with van der Waals surface area (Å²) >= 11 is 0. The minimum atomic E-state index is -1.48. The number of ether oxygens (including phenoxy) is 1. The van der Waals surface area contributed by atoms with Gasteiger partial charge in [-0.2, -0.15) is 5.10 Å². The van der Waals surface area contributed by atoms with Crippen molar-refractivity contribution in [2.24, 2.45) is 0 Å². The third-order valence-corrected chi connectivity index (χ3v) is 3.09. The van der Waals surface area contributed by atoms with E-state index in [9.17, 15) is 14.3 Å². The fraction of sp³-hybridized carbons (Fsp3) is 0.0769. The number of halogens is 1. The van der Waals surface area contributed by atoms with Gasteiger partial charge in [0, 0.05) is 17.8 Å². The maximum atomic E-state index is 14.2. The van der Waals surface area contributed by atoms with Crippen LogP contribution in [0.25, 0.3) is 16.8 Å². The van der Waals surface area contributed by atoms with Crippen molar-refractivity contribution in [3.05, 3.63) is 36.0 Å². The molecule has 112 valence electrons. The van der Waals surface area contributed by atoms with Crippen molar-refractivity contribution >= 4 is 17.3 Å². The zero-order valence-electron chi connectivity index (χ0n) is 12.3. The van der Waals surface area contributed by atoms with Gasteiger partial charge in [-0.1, -0.05) is 0 Å². The molecule has 23 heavy (non-hydrogen) atoms. The Balaban J connectivity index is 0.00000192. The SMILES string of the molecule is COc1ncc(-c2c(F)cc3c(N)ncnn23)cc1C(=O)[O-].[Li+]. The van der Waals surface area contributed by atoms with Crippen LogP contribution in [0, 0.1) is 5.82 Å². The molecule has 3 rings (SSSR count). The number of carboxylic acid groups (broad SMARTS) is 1. The van der Waals surface area contributed by atoms with E-state index >= 15 is 0 Å². The number of fused-ring (bicyclic) bond motifs is 1. The molecule has 0 unspecified atom stereocenters. The minimum Gasteiger partial charge on any atom is -0.545 e. The van der Waals surface area contributed by atoms with Gasteiger partial charge in [-0.05, 0) is 6.07 Å². The molecule has 0 aromatic carbocycles. The average molecular weight is 309 g/mol. The molecule has 0 fully saturated rings. The van der Waals surface area contributed by atoms with Gasteiger partial charge in [0.25, 0.3) is 0 Å². The molecule has 0 saturated heterocycles. The van der Waals surface area contributed by atoms with Gasteiger partial charge in [0.1, 0.15) is 17.5 Å². The Morgan fingerprint density at radius 1 is 1.39 bits per heavy atom. The Morgan fingerprint density at radius 2 is 2.13 bits per heavy atom. The van der Waals surface area contributed by atoms with Crippen LogP contribution >= 0.6 is 0 Å². The van der Waals surface area contributed by atoms with E-state index in [1.54, 1.807) is 0 Å². The Labute approximate surface area is 141 Å².